The van der Waals surface area contributed by atoms with E-state index >= 15 is 0 Å². The van der Waals surface area contributed by atoms with Crippen molar-refractivity contribution in [3.63, 3.8) is 0 Å². The smallest absolute Gasteiger partial charge is 0.210 e. The van der Waals surface area contributed by atoms with Crippen LogP contribution in [0.1, 0.15) is 25.5 Å². The maximum absolute atomic E-state index is 9.06. The number of hydrogen-bond donors (Lipinski definition) is 2. The number of rotatable bonds is 2. The SMILES string of the molecule is CC(C)c1cc(-c2ccc(O)nc2)[nH]n1. The second-order valence-corrected chi connectivity index (χ2v) is 3.77. The lowest BCUT2D eigenvalue weighted by atomic mass is 10.1. The highest BCUT2D eigenvalue weighted by molar-refractivity contribution is 5.58. The van der Waals surface area contributed by atoms with Crippen molar-refractivity contribution in [3.05, 3.63) is 30.1 Å². The zero-order chi connectivity index (χ0) is 10.8. The van der Waals surface area contributed by atoms with Gasteiger partial charge in [0.1, 0.15) is 0 Å². The van der Waals surface area contributed by atoms with Crippen molar-refractivity contribution in [3.8, 4) is 17.1 Å². The summed E-state index contributed by atoms with van der Waals surface area (Å²) >= 11 is 0. The molecule has 0 aliphatic heterocycles. The summed E-state index contributed by atoms with van der Waals surface area (Å²) in [6, 6.07) is 5.36. The minimum atomic E-state index is 0.0300. The zero-order valence-corrected chi connectivity index (χ0v) is 8.73. The van der Waals surface area contributed by atoms with E-state index in [0.717, 1.165) is 17.0 Å². The molecule has 0 bridgehead atoms. The first-order chi connectivity index (χ1) is 7.16. The van der Waals surface area contributed by atoms with E-state index in [2.05, 4.69) is 29.0 Å². The first-order valence-electron chi connectivity index (χ1n) is 4.87. The number of nitrogens with zero attached hydrogens (tertiary/aromatic N) is 2. The van der Waals surface area contributed by atoms with E-state index in [0.29, 0.717) is 5.92 Å². The summed E-state index contributed by atoms with van der Waals surface area (Å²) in [5.74, 6) is 0.433. The second-order valence-electron chi connectivity index (χ2n) is 3.77. The standard InChI is InChI=1S/C11H13N3O/c1-7(2)9-5-10(14-13-9)8-3-4-11(15)12-6-8/h3-7H,1-2H3,(H,12,15)(H,13,14). The Morgan fingerprint density at radius 3 is 2.67 bits per heavy atom. The van der Waals surface area contributed by atoms with Gasteiger partial charge in [0.25, 0.3) is 0 Å². The van der Waals surface area contributed by atoms with E-state index in [1.54, 1.807) is 18.3 Å². The number of aromatic hydroxyl groups is 1. The molecule has 0 fully saturated rings. The van der Waals surface area contributed by atoms with E-state index in [1.165, 1.54) is 0 Å². The molecule has 0 saturated carbocycles. The van der Waals surface area contributed by atoms with Gasteiger partial charge in [-0.2, -0.15) is 5.10 Å². The summed E-state index contributed by atoms with van der Waals surface area (Å²) in [4.78, 5) is 3.82. The Morgan fingerprint density at radius 2 is 2.13 bits per heavy atom. The normalized spacial score (nSPS) is 10.9. The quantitative estimate of drug-likeness (QED) is 0.787. The molecule has 0 radical (unpaired) electrons. The molecule has 4 nitrogen and oxygen atoms in total. The predicted octanol–water partition coefficient (Wildman–Crippen LogP) is 2.30. The van der Waals surface area contributed by atoms with Crippen LogP contribution in [0.3, 0.4) is 0 Å². The molecule has 0 spiro atoms. The summed E-state index contributed by atoms with van der Waals surface area (Å²) < 4.78 is 0. The van der Waals surface area contributed by atoms with Crippen LogP contribution in [0.4, 0.5) is 0 Å². The largest absolute Gasteiger partial charge is 0.493 e. The number of H-pyrrole nitrogens is 1. The molecule has 0 aliphatic carbocycles. The molecule has 2 N–H and O–H groups in total. The Morgan fingerprint density at radius 1 is 1.33 bits per heavy atom. The van der Waals surface area contributed by atoms with Crippen molar-refractivity contribution in [1.82, 2.24) is 15.2 Å². The summed E-state index contributed by atoms with van der Waals surface area (Å²) in [5.41, 5.74) is 2.87. The molecule has 4 heteroatoms. The van der Waals surface area contributed by atoms with Gasteiger partial charge in [-0.25, -0.2) is 4.98 Å². The van der Waals surface area contributed by atoms with Crippen molar-refractivity contribution in [2.45, 2.75) is 19.8 Å². The number of hydrogen-bond acceptors (Lipinski definition) is 3. The Kier molecular flexibility index (Phi) is 2.41. The van der Waals surface area contributed by atoms with Crippen molar-refractivity contribution in [2.75, 3.05) is 0 Å². The van der Waals surface area contributed by atoms with Gasteiger partial charge in [-0.1, -0.05) is 13.8 Å². The van der Waals surface area contributed by atoms with Gasteiger partial charge in [-0.3, -0.25) is 5.10 Å². The number of nitrogens with one attached hydrogen (secondary N) is 1. The molecule has 2 heterocycles. The molecule has 0 saturated heterocycles. The third-order valence-corrected chi connectivity index (χ3v) is 2.25. The fourth-order valence-electron chi connectivity index (χ4n) is 1.33. The molecule has 0 amide bonds. The van der Waals surface area contributed by atoms with Crippen LogP contribution >= 0.6 is 0 Å². The molecule has 2 rings (SSSR count). The van der Waals surface area contributed by atoms with Gasteiger partial charge in [0.05, 0.1) is 11.4 Å². The van der Waals surface area contributed by atoms with Crippen LogP contribution in [0.2, 0.25) is 0 Å². The van der Waals surface area contributed by atoms with E-state index in [-0.39, 0.29) is 5.88 Å². The second kappa shape index (κ2) is 3.73. The van der Waals surface area contributed by atoms with Gasteiger partial charge in [0.15, 0.2) is 0 Å². The first-order valence-corrected chi connectivity index (χ1v) is 4.87. The molecule has 2 aromatic heterocycles. The van der Waals surface area contributed by atoms with E-state index in [9.17, 15) is 0 Å². The van der Waals surface area contributed by atoms with Crippen LogP contribution < -0.4 is 0 Å². The monoisotopic (exact) mass is 203 g/mol. The molecule has 0 aliphatic rings. The van der Waals surface area contributed by atoms with E-state index < -0.39 is 0 Å². The molecule has 0 unspecified atom stereocenters. The lowest BCUT2D eigenvalue weighted by Crippen LogP contribution is -1.85. The van der Waals surface area contributed by atoms with E-state index in [1.807, 2.05) is 6.07 Å². The maximum Gasteiger partial charge on any atom is 0.210 e. The summed E-state index contributed by atoms with van der Waals surface area (Å²) in [6.45, 7) is 4.18. The van der Waals surface area contributed by atoms with Crippen LogP contribution in [0.15, 0.2) is 24.4 Å². The van der Waals surface area contributed by atoms with Crippen LogP contribution in [-0.4, -0.2) is 20.3 Å². The van der Waals surface area contributed by atoms with Crippen molar-refractivity contribution in [1.29, 1.82) is 0 Å². The highest BCUT2D eigenvalue weighted by Crippen LogP contribution is 2.21. The third kappa shape index (κ3) is 1.98. The lowest BCUT2D eigenvalue weighted by molar-refractivity contribution is 0.453. The maximum atomic E-state index is 9.06. The summed E-state index contributed by atoms with van der Waals surface area (Å²) in [6.07, 6.45) is 1.62. The molecule has 0 aromatic carbocycles. The van der Waals surface area contributed by atoms with Gasteiger partial charge in [0, 0.05) is 17.8 Å². The fraction of sp³-hybridized carbons (Fsp3) is 0.273. The topological polar surface area (TPSA) is 61.8 Å². The fourth-order valence-corrected chi connectivity index (χ4v) is 1.33. The van der Waals surface area contributed by atoms with Gasteiger partial charge < -0.3 is 5.11 Å². The van der Waals surface area contributed by atoms with Gasteiger partial charge in [0.2, 0.25) is 5.88 Å². The average molecular weight is 203 g/mol. The van der Waals surface area contributed by atoms with Crippen LogP contribution in [0.5, 0.6) is 5.88 Å². The number of aromatic amines is 1. The van der Waals surface area contributed by atoms with Crippen LogP contribution in [-0.2, 0) is 0 Å². The Labute approximate surface area is 88.0 Å². The van der Waals surface area contributed by atoms with E-state index in [4.69, 9.17) is 5.11 Å². The molecule has 2 aromatic rings. The minimum Gasteiger partial charge on any atom is -0.493 e. The Hall–Kier alpha value is -1.84. The number of aromatic nitrogens is 3. The lowest BCUT2D eigenvalue weighted by Gasteiger charge is -1.96. The van der Waals surface area contributed by atoms with Gasteiger partial charge >= 0.3 is 0 Å². The first kappa shape index (κ1) is 9.71. The Bertz CT molecular complexity index is 445. The van der Waals surface area contributed by atoms with Gasteiger partial charge in [-0.05, 0) is 18.1 Å². The van der Waals surface area contributed by atoms with Crippen molar-refractivity contribution >= 4 is 0 Å². The number of pyridine rings is 1. The van der Waals surface area contributed by atoms with Gasteiger partial charge in [-0.15, -0.1) is 0 Å². The highest BCUT2D eigenvalue weighted by atomic mass is 16.3. The molecular weight excluding hydrogens is 190 g/mol. The third-order valence-electron chi connectivity index (χ3n) is 2.25. The molecule has 0 atom stereocenters. The summed E-state index contributed by atoms with van der Waals surface area (Å²) in [7, 11) is 0. The summed E-state index contributed by atoms with van der Waals surface area (Å²) in [5, 5.41) is 16.2. The Balaban J connectivity index is 2.33. The van der Waals surface area contributed by atoms with Crippen LogP contribution in [0, 0.1) is 0 Å². The molecule has 78 valence electrons. The van der Waals surface area contributed by atoms with Crippen molar-refractivity contribution in [2.24, 2.45) is 0 Å². The molecular formula is C11H13N3O. The zero-order valence-electron chi connectivity index (χ0n) is 8.73. The van der Waals surface area contributed by atoms with Crippen molar-refractivity contribution < 1.29 is 5.11 Å². The highest BCUT2D eigenvalue weighted by Gasteiger charge is 2.06. The predicted molar refractivity (Wildman–Crippen MR) is 57.6 cm³/mol. The van der Waals surface area contributed by atoms with Crippen LogP contribution in [0.25, 0.3) is 11.3 Å². The average Bonchev–Trinajstić information content (AvgIpc) is 2.68. The molecule has 15 heavy (non-hydrogen) atoms. The minimum absolute atomic E-state index is 0.0300.